The average Bonchev–Trinajstić information content (AvgIpc) is 2.93. The molecule has 0 spiro atoms. The fraction of sp³-hybridized carbons (Fsp3) is 0.308. The number of benzene rings is 1. The summed E-state index contributed by atoms with van der Waals surface area (Å²) in [4.78, 5) is 3.74. The van der Waals surface area contributed by atoms with E-state index in [4.69, 9.17) is 18.0 Å². The molecule has 3 N–H and O–H groups in total. The van der Waals surface area contributed by atoms with Crippen LogP contribution in [-0.4, -0.2) is 24.9 Å². The molecule has 0 radical (unpaired) electrons. The molecule has 5 nitrogen and oxygen atoms in total. The fourth-order valence-corrected chi connectivity index (χ4v) is 2.28. The van der Waals surface area contributed by atoms with Crippen LogP contribution >= 0.6 is 12.2 Å². The third-order valence-corrected chi connectivity index (χ3v) is 3.76. The highest BCUT2D eigenvalue weighted by Gasteiger charge is 2.40. The monoisotopic (exact) mass is 312 g/mol. The molecule has 0 unspecified atom stereocenters. The van der Waals surface area contributed by atoms with Crippen molar-refractivity contribution in [3.05, 3.63) is 48.1 Å². The van der Waals surface area contributed by atoms with E-state index in [1.807, 2.05) is 0 Å². The van der Waals surface area contributed by atoms with E-state index in [2.05, 4.69) is 10.1 Å². The summed E-state index contributed by atoms with van der Waals surface area (Å²) in [5, 5.41) is 14.8. The number of nitrogens with zero attached hydrogens (tertiary/aromatic N) is 3. The van der Waals surface area contributed by atoms with Crippen LogP contribution in [0.2, 0.25) is 0 Å². The normalized spacial score (nSPS) is 15.4. The third kappa shape index (κ3) is 3.06. The van der Waals surface area contributed by atoms with Crippen LogP contribution in [-0.2, 0) is 12.1 Å². The maximum absolute atomic E-state index is 14.1. The zero-order valence-corrected chi connectivity index (χ0v) is 12.0. The molecule has 0 aliphatic rings. The predicted octanol–water partition coefficient (Wildman–Crippen LogP) is 1.37. The lowest BCUT2D eigenvalue weighted by molar-refractivity contribution is -0.0155. The summed E-state index contributed by atoms with van der Waals surface area (Å²) in [7, 11) is 0. The molecular weight excluding hydrogens is 298 g/mol. The molecule has 0 aliphatic carbocycles. The lowest BCUT2D eigenvalue weighted by Crippen LogP contribution is -2.44. The van der Waals surface area contributed by atoms with Crippen molar-refractivity contribution in [2.45, 2.75) is 19.1 Å². The smallest absolute Gasteiger partial charge is 0.137 e. The molecule has 112 valence electrons. The molecule has 0 saturated carbocycles. The van der Waals surface area contributed by atoms with Crippen molar-refractivity contribution in [1.82, 2.24) is 14.8 Å². The van der Waals surface area contributed by atoms with Crippen molar-refractivity contribution in [3.63, 3.8) is 0 Å². The van der Waals surface area contributed by atoms with Crippen LogP contribution in [0.15, 0.2) is 30.9 Å². The Morgan fingerprint density at radius 2 is 2.24 bits per heavy atom. The van der Waals surface area contributed by atoms with E-state index in [0.29, 0.717) is 0 Å². The minimum Gasteiger partial charge on any atom is -0.393 e. The maximum atomic E-state index is 14.1. The zero-order valence-electron chi connectivity index (χ0n) is 11.2. The number of halogens is 2. The summed E-state index contributed by atoms with van der Waals surface area (Å²) in [6, 6.07) is 2.85. The van der Waals surface area contributed by atoms with Gasteiger partial charge in [0.2, 0.25) is 0 Å². The van der Waals surface area contributed by atoms with Gasteiger partial charge in [0.05, 0.1) is 11.5 Å². The number of thiocarbonyl (C=S) groups is 1. The molecule has 0 fully saturated rings. The van der Waals surface area contributed by atoms with Crippen molar-refractivity contribution in [1.29, 1.82) is 0 Å². The Balaban J connectivity index is 2.54. The minimum atomic E-state index is -1.84. The quantitative estimate of drug-likeness (QED) is 0.815. The summed E-state index contributed by atoms with van der Waals surface area (Å²) in [5.74, 6) is -2.21. The highest BCUT2D eigenvalue weighted by atomic mass is 32.1. The first-order chi connectivity index (χ1) is 9.84. The average molecular weight is 312 g/mol. The molecule has 1 aromatic carbocycles. The standard InChI is InChI=1S/C13H14F2N4OS/c1-8(12(16)21)13(20,5-19-7-17-6-18-19)10-4-9(14)2-3-11(10)15/h2-4,6-8,20H,5H2,1H3,(H2,16,21)/t8-,13-/m1/s1. The Hall–Kier alpha value is -1.93. The van der Waals surface area contributed by atoms with Crippen LogP contribution in [0.4, 0.5) is 8.78 Å². The first kappa shape index (κ1) is 15.5. The van der Waals surface area contributed by atoms with Gasteiger partial charge in [0, 0.05) is 11.5 Å². The maximum Gasteiger partial charge on any atom is 0.137 e. The van der Waals surface area contributed by atoms with Gasteiger partial charge in [-0.25, -0.2) is 18.4 Å². The molecule has 2 rings (SSSR count). The Morgan fingerprint density at radius 1 is 1.52 bits per heavy atom. The molecule has 1 heterocycles. The van der Waals surface area contributed by atoms with Gasteiger partial charge in [0.25, 0.3) is 0 Å². The Kier molecular flexibility index (Phi) is 4.29. The molecule has 2 atom stereocenters. The highest BCUT2D eigenvalue weighted by molar-refractivity contribution is 7.80. The second-order valence-corrected chi connectivity index (χ2v) is 5.24. The zero-order chi connectivity index (χ0) is 15.6. The van der Waals surface area contributed by atoms with Crippen molar-refractivity contribution in [3.8, 4) is 0 Å². The van der Waals surface area contributed by atoms with Gasteiger partial charge in [-0.15, -0.1) is 0 Å². The molecule has 1 aromatic heterocycles. The minimum absolute atomic E-state index is 0.0127. The van der Waals surface area contributed by atoms with Crippen LogP contribution < -0.4 is 5.73 Å². The topological polar surface area (TPSA) is 77.0 Å². The molecule has 0 saturated heterocycles. The van der Waals surface area contributed by atoms with Crippen molar-refractivity contribution >= 4 is 17.2 Å². The fourth-order valence-electron chi connectivity index (χ4n) is 2.08. The Labute approximate surface area is 125 Å². The molecule has 0 amide bonds. The molecular formula is C13H14F2N4OS. The largest absolute Gasteiger partial charge is 0.393 e. The summed E-state index contributed by atoms with van der Waals surface area (Å²) in [6.45, 7) is 1.38. The van der Waals surface area contributed by atoms with E-state index >= 15 is 0 Å². The molecule has 0 bridgehead atoms. The van der Waals surface area contributed by atoms with Crippen LogP contribution in [0.3, 0.4) is 0 Å². The first-order valence-corrected chi connectivity index (χ1v) is 6.55. The summed E-state index contributed by atoms with van der Waals surface area (Å²) >= 11 is 4.89. The Bertz CT molecular complexity index is 650. The number of hydrogen-bond acceptors (Lipinski definition) is 4. The second kappa shape index (κ2) is 5.82. The van der Waals surface area contributed by atoms with Crippen molar-refractivity contribution in [2.24, 2.45) is 11.7 Å². The molecule has 21 heavy (non-hydrogen) atoms. The van der Waals surface area contributed by atoms with Gasteiger partial charge in [-0.1, -0.05) is 19.1 Å². The number of aromatic nitrogens is 3. The van der Waals surface area contributed by atoms with Crippen molar-refractivity contribution in [2.75, 3.05) is 0 Å². The molecule has 0 aliphatic heterocycles. The van der Waals surface area contributed by atoms with E-state index in [1.165, 1.54) is 17.3 Å². The SMILES string of the molecule is C[C@H](C(N)=S)[C@](O)(Cn1cncn1)c1cc(F)ccc1F. The van der Waals surface area contributed by atoms with E-state index in [1.54, 1.807) is 6.92 Å². The molecule has 2 aromatic rings. The van der Waals surface area contributed by atoms with Gasteiger partial charge in [-0.3, -0.25) is 0 Å². The number of hydrogen-bond donors (Lipinski definition) is 2. The predicted molar refractivity (Wildman–Crippen MR) is 76.2 cm³/mol. The number of nitrogens with two attached hydrogens (primary N) is 1. The van der Waals surface area contributed by atoms with Gasteiger partial charge in [0.15, 0.2) is 0 Å². The Morgan fingerprint density at radius 3 is 2.81 bits per heavy atom. The van der Waals surface area contributed by atoms with Gasteiger partial charge in [-0.2, -0.15) is 5.10 Å². The van der Waals surface area contributed by atoms with E-state index < -0.39 is 23.2 Å². The first-order valence-electron chi connectivity index (χ1n) is 6.14. The van der Waals surface area contributed by atoms with Gasteiger partial charge in [-0.05, 0) is 18.2 Å². The van der Waals surface area contributed by atoms with E-state index in [0.717, 1.165) is 18.2 Å². The number of rotatable bonds is 5. The summed E-state index contributed by atoms with van der Waals surface area (Å²) < 4.78 is 28.8. The summed E-state index contributed by atoms with van der Waals surface area (Å²) in [5.41, 5.74) is 3.52. The van der Waals surface area contributed by atoms with Gasteiger partial charge < -0.3 is 10.8 Å². The van der Waals surface area contributed by atoms with Crippen LogP contribution in [0, 0.1) is 17.6 Å². The molecule has 8 heteroatoms. The van der Waals surface area contributed by atoms with Gasteiger partial charge >= 0.3 is 0 Å². The van der Waals surface area contributed by atoms with E-state index in [-0.39, 0.29) is 17.1 Å². The number of aliphatic hydroxyl groups is 1. The second-order valence-electron chi connectivity index (χ2n) is 4.77. The van der Waals surface area contributed by atoms with E-state index in [9.17, 15) is 13.9 Å². The highest BCUT2D eigenvalue weighted by Crippen LogP contribution is 2.34. The summed E-state index contributed by atoms with van der Waals surface area (Å²) in [6.07, 6.45) is 2.63. The van der Waals surface area contributed by atoms with Crippen LogP contribution in [0.5, 0.6) is 0 Å². The van der Waals surface area contributed by atoms with Crippen molar-refractivity contribution < 1.29 is 13.9 Å². The van der Waals surface area contributed by atoms with Crippen LogP contribution in [0.1, 0.15) is 12.5 Å². The van der Waals surface area contributed by atoms with Gasteiger partial charge in [0.1, 0.15) is 29.9 Å². The third-order valence-electron chi connectivity index (χ3n) is 3.41. The lowest BCUT2D eigenvalue weighted by atomic mass is 9.81. The lowest BCUT2D eigenvalue weighted by Gasteiger charge is -2.34. The van der Waals surface area contributed by atoms with Crippen LogP contribution in [0.25, 0.3) is 0 Å².